The maximum atomic E-state index is 12.1. The van der Waals surface area contributed by atoms with Gasteiger partial charge in [0.2, 0.25) is 11.0 Å². The molecule has 0 unspecified atom stereocenters. The Bertz CT molecular complexity index is 1180. The van der Waals surface area contributed by atoms with Crippen molar-refractivity contribution in [1.82, 2.24) is 24.9 Å². The molecule has 10 heteroatoms. The summed E-state index contributed by atoms with van der Waals surface area (Å²) < 4.78 is 7.50. The van der Waals surface area contributed by atoms with Crippen LogP contribution in [-0.4, -0.2) is 48.8 Å². The first-order valence-corrected chi connectivity index (χ1v) is 11.8. The number of rotatable bonds is 5. The molecule has 160 valence electrons. The van der Waals surface area contributed by atoms with Crippen LogP contribution >= 0.6 is 27.3 Å². The summed E-state index contributed by atoms with van der Waals surface area (Å²) in [6.45, 7) is 7.05. The van der Waals surface area contributed by atoms with E-state index >= 15 is 0 Å². The first-order valence-electron chi connectivity index (χ1n) is 9.87. The second kappa shape index (κ2) is 8.77. The van der Waals surface area contributed by atoms with Crippen molar-refractivity contribution in [1.29, 1.82) is 5.26 Å². The van der Waals surface area contributed by atoms with Crippen molar-refractivity contribution in [2.45, 2.75) is 39.8 Å². The number of benzene rings is 1. The van der Waals surface area contributed by atoms with Gasteiger partial charge in [0.15, 0.2) is 0 Å². The lowest BCUT2D eigenvalue weighted by Gasteiger charge is -2.26. The Morgan fingerprint density at radius 3 is 2.90 bits per heavy atom. The minimum Gasteiger partial charge on any atom is -0.490 e. The molecule has 0 aliphatic carbocycles. The first-order chi connectivity index (χ1) is 14.9. The van der Waals surface area contributed by atoms with E-state index in [1.807, 2.05) is 31.7 Å². The highest BCUT2D eigenvalue weighted by Gasteiger charge is 2.26. The molecule has 4 rings (SSSR count). The summed E-state index contributed by atoms with van der Waals surface area (Å²) in [6, 6.07) is 7.64. The van der Waals surface area contributed by atoms with Crippen LogP contribution in [0.4, 0.5) is 0 Å². The lowest BCUT2D eigenvalue weighted by atomic mass is 10.1. The van der Waals surface area contributed by atoms with Gasteiger partial charge < -0.3 is 9.64 Å². The summed E-state index contributed by atoms with van der Waals surface area (Å²) in [5.41, 5.74) is 4.29. The fourth-order valence-electron chi connectivity index (χ4n) is 3.52. The van der Waals surface area contributed by atoms with E-state index in [9.17, 15) is 10.1 Å². The molecule has 0 N–H and O–H groups in total. The van der Waals surface area contributed by atoms with Gasteiger partial charge in [-0.05, 0) is 39.0 Å². The summed E-state index contributed by atoms with van der Waals surface area (Å²) in [4.78, 5) is 13.9. The van der Waals surface area contributed by atoms with Crippen molar-refractivity contribution < 1.29 is 9.53 Å². The summed E-state index contributed by atoms with van der Waals surface area (Å²) >= 11 is 4.65. The van der Waals surface area contributed by atoms with Crippen LogP contribution in [0, 0.1) is 18.3 Å². The molecule has 0 fully saturated rings. The van der Waals surface area contributed by atoms with Gasteiger partial charge >= 0.3 is 0 Å². The van der Waals surface area contributed by atoms with Crippen LogP contribution in [0.1, 0.15) is 36.4 Å². The van der Waals surface area contributed by atoms with E-state index < -0.39 is 0 Å². The van der Waals surface area contributed by atoms with Gasteiger partial charge in [-0.3, -0.25) is 4.79 Å². The molecule has 1 amide bonds. The highest BCUT2D eigenvalue weighted by Crippen LogP contribution is 2.31. The molecule has 3 aromatic rings. The standard InChI is InChI=1S/C21H21BrN6O2S/c1-12(2)30-18-5-4-14(8-15(18)10-23)20-24-25-21(31-20)28-13(3)16-11-27(19(29)9-22)7-6-17(16)26-28/h4-5,8,12H,6-7,9,11H2,1-3H3. The van der Waals surface area contributed by atoms with Crippen LogP contribution < -0.4 is 4.74 Å². The summed E-state index contributed by atoms with van der Waals surface area (Å²) in [7, 11) is 0. The quantitative estimate of drug-likeness (QED) is 0.496. The van der Waals surface area contributed by atoms with Gasteiger partial charge in [-0.2, -0.15) is 10.4 Å². The summed E-state index contributed by atoms with van der Waals surface area (Å²) in [5, 5.41) is 24.5. The van der Waals surface area contributed by atoms with Crippen molar-refractivity contribution in [2.75, 3.05) is 11.9 Å². The molecule has 2 aromatic heterocycles. The van der Waals surface area contributed by atoms with E-state index in [1.165, 1.54) is 11.3 Å². The van der Waals surface area contributed by atoms with Gasteiger partial charge in [0.1, 0.15) is 16.8 Å². The maximum Gasteiger partial charge on any atom is 0.233 e. The number of nitrogens with zero attached hydrogens (tertiary/aromatic N) is 6. The van der Waals surface area contributed by atoms with Gasteiger partial charge in [-0.1, -0.05) is 27.3 Å². The zero-order valence-electron chi connectivity index (χ0n) is 17.4. The normalized spacial score (nSPS) is 13.2. The molecule has 0 bridgehead atoms. The molecule has 3 heterocycles. The number of carbonyl (C=O) groups excluding carboxylic acids is 1. The number of carbonyl (C=O) groups is 1. The minimum atomic E-state index is -0.0133. The van der Waals surface area contributed by atoms with Crippen molar-refractivity contribution in [3.8, 4) is 27.5 Å². The Morgan fingerprint density at radius 1 is 1.39 bits per heavy atom. The van der Waals surface area contributed by atoms with Crippen LogP contribution in [0.2, 0.25) is 0 Å². The maximum absolute atomic E-state index is 12.1. The third-order valence-electron chi connectivity index (χ3n) is 5.06. The van der Waals surface area contributed by atoms with Crippen LogP contribution in [-0.2, 0) is 17.8 Å². The second-order valence-corrected chi connectivity index (χ2v) is 9.02. The van der Waals surface area contributed by atoms with E-state index in [2.05, 4.69) is 32.2 Å². The number of nitriles is 1. The fraction of sp³-hybridized carbons (Fsp3) is 0.381. The van der Waals surface area contributed by atoms with Gasteiger partial charge in [-0.15, -0.1) is 10.2 Å². The molecule has 1 aliphatic rings. The number of alkyl halides is 1. The SMILES string of the molecule is Cc1c2c(nn1-c1nnc(-c3ccc(OC(C)C)c(C#N)c3)s1)CCN(C(=O)CBr)C2. The predicted octanol–water partition coefficient (Wildman–Crippen LogP) is 3.64. The predicted molar refractivity (Wildman–Crippen MR) is 121 cm³/mol. The molecule has 0 radical (unpaired) electrons. The topological polar surface area (TPSA) is 96.9 Å². The Labute approximate surface area is 192 Å². The van der Waals surface area contributed by atoms with Gasteiger partial charge in [-0.25, -0.2) is 4.68 Å². The summed E-state index contributed by atoms with van der Waals surface area (Å²) in [6.07, 6.45) is 0.705. The number of hydrogen-bond acceptors (Lipinski definition) is 7. The number of hydrogen-bond donors (Lipinski definition) is 0. The molecular formula is C21H21BrN6O2S. The van der Waals surface area contributed by atoms with Crippen LogP contribution in [0.5, 0.6) is 5.75 Å². The minimum absolute atomic E-state index is 0.0133. The monoisotopic (exact) mass is 500 g/mol. The van der Waals surface area contributed by atoms with Gasteiger partial charge in [0.25, 0.3) is 0 Å². The molecule has 0 spiro atoms. The van der Waals surface area contributed by atoms with Crippen molar-refractivity contribution in [2.24, 2.45) is 0 Å². The Kier molecular flexibility index (Phi) is 6.07. The van der Waals surface area contributed by atoms with E-state index in [-0.39, 0.29) is 12.0 Å². The lowest BCUT2D eigenvalue weighted by molar-refractivity contribution is -0.129. The van der Waals surface area contributed by atoms with Crippen LogP contribution in [0.25, 0.3) is 15.7 Å². The Balaban J connectivity index is 1.63. The highest BCUT2D eigenvalue weighted by molar-refractivity contribution is 9.09. The van der Waals surface area contributed by atoms with Gasteiger partial charge in [0, 0.05) is 36.3 Å². The Hall–Kier alpha value is -2.77. The average molecular weight is 501 g/mol. The molecule has 1 aromatic carbocycles. The molecule has 0 saturated carbocycles. The summed E-state index contributed by atoms with van der Waals surface area (Å²) in [5.74, 6) is 0.637. The van der Waals surface area contributed by atoms with Gasteiger partial charge in [0.05, 0.1) is 22.7 Å². The number of halogens is 1. The third kappa shape index (κ3) is 4.20. The molecule has 0 atom stereocenters. The smallest absolute Gasteiger partial charge is 0.233 e. The van der Waals surface area contributed by atoms with Crippen molar-refractivity contribution >= 4 is 33.2 Å². The van der Waals surface area contributed by atoms with Crippen LogP contribution in [0.15, 0.2) is 18.2 Å². The van der Waals surface area contributed by atoms with E-state index in [4.69, 9.17) is 9.84 Å². The van der Waals surface area contributed by atoms with Crippen molar-refractivity contribution in [3.63, 3.8) is 0 Å². The molecular weight excluding hydrogens is 480 g/mol. The first kappa shape index (κ1) is 21.5. The number of aromatic nitrogens is 4. The number of fused-ring (bicyclic) bond motifs is 1. The largest absolute Gasteiger partial charge is 0.490 e. The molecule has 0 saturated heterocycles. The zero-order valence-corrected chi connectivity index (χ0v) is 19.8. The second-order valence-electron chi connectivity index (χ2n) is 7.50. The Morgan fingerprint density at radius 2 is 2.19 bits per heavy atom. The average Bonchev–Trinajstić information content (AvgIpc) is 3.38. The lowest BCUT2D eigenvalue weighted by Crippen LogP contribution is -2.36. The zero-order chi connectivity index (χ0) is 22.1. The fourth-order valence-corrected chi connectivity index (χ4v) is 4.72. The van der Waals surface area contributed by atoms with Crippen molar-refractivity contribution in [3.05, 3.63) is 40.7 Å². The van der Waals surface area contributed by atoms with E-state index in [0.717, 1.165) is 28.9 Å². The molecule has 31 heavy (non-hydrogen) atoms. The number of amides is 1. The van der Waals surface area contributed by atoms with E-state index in [0.29, 0.717) is 39.9 Å². The third-order valence-corrected chi connectivity index (χ3v) is 6.49. The molecule has 1 aliphatic heterocycles. The van der Waals surface area contributed by atoms with Crippen LogP contribution in [0.3, 0.4) is 0 Å². The highest BCUT2D eigenvalue weighted by atomic mass is 79.9. The number of ether oxygens (including phenoxy) is 1. The molecule has 8 nitrogen and oxygen atoms in total. The van der Waals surface area contributed by atoms with E-state index in [1.54, 1.807) is 16.8 Å².